The number of hydrogen-bond donors (Lipinski definition) is 1. The fraction of sp³-hybridized carbons (Fsp3) is 0.471. The number of hydrogen-bond acceptors (Lipinski definition) is 6. The van der Waals surface area contributed by atoms with Crippen LogP contribution in [0.1, 0.15) is 24.1 Å². The van der Waals surface area contributed by atoms with Crippen molar-refractivity contribution in [2.24, 2.45) is 7.05 Å². The molecule has 1 saturated heterocycles. The number of fused-ring (bicyclic) bond motifs is 1. The molecule has 1 unspecified atom stereocenters. The predicted octanol–water partition coefficient (Wildman–Crippen LogP) is 3.12. The van der Waals surface area contributed by atoms with Gasteiger partial charge in [0.2, 0.25) is 0 Å². The molecule has 24 heavy (non-hydrogen) atoms. The lowest BCUT2D eigenvalue weighted by Gasteiger charge is -2.34. The van der Waals surface area contributed by atoms with Crippen molar-refractivity contribution in [3.8, 4) is 0 Å². The zero-order valence-electron chi connectivity index (χ0n) is 14.3. The fourth-order valence-corrected chi connectivity index (χ4v) is 4.42. The van der Waals surface area contributed by atoms with Gasteiger partial charge in [-0.3, -0.25) is 4.68 Å². The van der Waals surface area contributed by atoms with Gasteiger partial charge in [0.05, 0.1) is 15.9 Å². The molecule has 1 fully saturated rings. The van der Waals surface area contributed by atoms with E-state index in [1.165, 1.54) is 17.8 Å². The summed E-state index contributed by atoms with van der Waals surface area (Å²) < 4.78 is 3.13. The van der Waals surface area contributed by atoms with Crippen LogP contribution in [0.3, 0.4) is 0 Å². The predicted molar refractivity (Wildman–Crippen MR) is 99.0 cm³/mol. The van der Waals surface area contributed by atoms with Crippen molar-refractivity contribution in [2.45, 2.75) is 32.7 Å². The van der Waals surface area contributed by atoms with Gasteiger partial charge in [-0.25, -0.2) is 9.97 Å². The molecule has 1 atom stereocenters. The highest BCUT2D eigenvalue weighted by molar-refractivity contribution is 7.18. The second-order valence-electron chi connectivity index (χ2n) is 6.52. The molecule has 0 radical (unpaired) electrons. The van der Waals surface area contributed by atoms with Gasteiger partial charge in [-0.15, -0.1) is 11.3 Å². The summed E-state index contributed by atoms with van der Waals surface area (Å²) >= 11 is 1.72. The summed E-state index contributed by atoms with van der Waals surface area (Å²) in [5.41, 5.74) is 3.35. The minimum Gasteiger partial charge on any atom is -0.364 e. The number of thiophene rings is 1. The van der Waals surface area contributed by atoms with Crippen LogP contribution in [0, 0.1) is 13.8 Å². The van der Waals surface area contributed by atoms with Crippen molar-refractivity contribution in [1.82, 2.24) is 19.7 Å². The smallest absolute Gasteiger partial charge is 0.147 e. The lowest BCUT2D eigenvalue weighted by molar-refractivity contribution is 0.518. The molecule has 4 rings (SSSR count). The van der Waals surface area contributed by atoms with Gasteiger partial charge in [0.15, 0.2) is 0 Å². The topological polar surface area (TPSA) is 58.9 Å². The summed E-state index contributed by atoms with van der Waals surface area (Å²) in [7, 11) is 2.02. The highest BCUT2D eigenvalue weighted by Crippen LogP contribution is 2.30. The van der Waals surface area contributed by atoms with Crippen LogP contribution < -0.4 is 10.2 Å². The first-order valence-electron chi connectivity index (χ1n) is 8.33. The molecule has 0 saturated carbocycles. The summed E-state index contributed by atoms with van der Waals surface area (Å²) in [6.45, 7) is 6.19. The average molecular weight is 342 g/mol. The molecule has 1 aliphatic heterocycles. The lowest BCUT2D eigenvalue weighted by atomic mass is 10.1. The van der Waals surface area contributed by atoms with E-state index in [2.05, 4.69) is 43.7 Å². The zero-order valence-corrected chi connectivity index (χ0v) is 15.1. The summed E-state index contributed by atoms with van der Waals surface area (Å²) in [5, 5.41) is 10.3. The SMILES string of the molecule is Cc1cc(N2CCCC(Nc3ncnc4c(C)csc34)C2)n(C)n1. The van der Waals surface area contributed by atoms with Crippen molar-refractivity contribution in [3.63, 3.8) is 0 Å². The minimum atomic E-state index is 0.384. The maximum atomic E-state index is 4.49. The summed E-state index contributed by atoms with van der Waals surface area (Å²) in [6.07, 6.45) is 3.98. The van der Waals surface area contributed by atoms with Gasteiger partial charge in [-0.2, -0.15) is 5.10 Å². The van der Waals surface area contributed by atoms with Gasteiger partial charge in [-0.1, -0.05) is 0 Å². The number of anilines is 2. The Morgan fingerprint density at radius 1 is 1.29 bits per heavy atom. The van der Waals surface area contributed by atoms with Crippen LogP contribution >= 0.6 is 11.3 Å². The van der Waals surface area contributed by atoms with Crippen LogP contribution in [0.4, 0.5) is 11.6 Å². The Bertz CT molecular complexity index is 867. The van der Waals surface area contributed by atoms with Gasteiger partial charge in [0.1, 0.15) is 18.0 Å². The Hall–Kier alpha value is -2.15. The highest BCUT2D eigenvalue weighted by atomic mass is 32.1. The Morgan fingerprint density at radius 2 is 2.17 bits per heavy atom. The van der Waals surface area contributed by atoms with Crippen molar-refractivity contribution < 1.29 is 0 Å². The van der Waals surface area contributed by atoms with Gasteiger partial charge < -0.3 is 10.2 Å². The van der Waals surface area contributed by atoms with Crippen LogP contribution in [0.2, 0.25) is 0 Å². The second-order valence-corrected chi connectivity index (χ2v) is 7.40. The minimum absolute atomic E-state index is 0.384. The standard InChI is InChI=1S/C17H22N6S/c1-11-9-24-16-15(11)18-10-19-17(16)20-13-5-4-6-23(8-13)14-7-12(2)21-22(14)3/h7,9-10,13H,4-6,8H2,1-3H3,(H,18,19,20). The van der Waals surface area contributed by atoms with E-state index >= 15 is 0 Å². The van der Waals surface area contributed by atoms with Gasteiger partial charge >= 0.3 is 0 Å². The van der Waals surface area contributed by atoms with E-state index in [1.54, 1.807) is 17.7 Å². The third-order valence-electron chi connectivity index (χ3n) is 4.59. The van der Waals surface area contributed by atoms with Gasteiger partial charge in [-0.05, 0) is 37.6 Å². The van der Waals surface area contributed by atoms with E-state index in [-0.39, 0.29) is 0 Å². The van der Waals surface area contributed by atoms with E-state index in [0.29, 0.717) is 6.04 Å². The molecule has 0 spiro atoms. The van der Waals surface area contributed by atoms with Crippen molar-refractivity contribution >= 4 is 33.2 Å². The Morgan fingerprint density at radius 3 is 2.96 bits per heavy atom. The molecule has 7 heteroatoms. The molecule has 0 bridgehead atoms. The average Bonchev–Trinajstić information content (AvgIpc) is 3.11. The number of nitrogens with one attached hydrogen (secondary N) is 1. The second kappa shape index (κ2) is 6.05. The van der Waals surface area contributed by atoms with E-state index in [4.69, 9.17) is 0 Å². The highest BCUT2D eigenvalue weighted by Gasteiger charge is 2.23. The number of piperidine rings is 1. The fourth-order valence-electron chi connectivity index (χ4n) is 3.46. The number of aromatic nitrogens is 4. The Balaban J connectivity index is 1.55. The third-order valence-corrected chi connectivity index (χ3v) is 5.69. The lowest BCUT2D eigenvalue weighted by Crippen LogP contribution is -2.43. The maximum absolute atomic E-state index is 4.49. The van der Waals surface area contributed by atoms with Crippen LogP contribution in [-0.2, 0) is 7.05 Å². The van der Waals surface area contributed by atoms with Crippen LogP contribution in [-0.4, -0.2) is 38.9 Å². The molecular formula is C17H22N6S. The molecule has 1 N–H and O–H groups in total. The molecule has 0 amide bonds. The normalized spacial score (nSPS) is 18.3. The van der Waals surface area contributed by atoms with E-state index < -0.39 is 0 Å². The van der Waals surface area contributed by atoms with Crippen molar-refractivity contribution in [1.29, 1.82) is 0 Å². The molecular weight excluding hydrogens is 320 g/mol. The monoisotopic (exact) mass is 342 g/mol. The molecule has 3 aromatic heterocycles. The van der Waals surface area contributed by atoms with E-state index in [9.17, 15) is 0 Å². The first-order valence-corrected chi connectivity index (χ1v) is 9.20. The van der Waals surface area contributed by atoms with Gasteiger partial charge in [0, 0.05) is 32.2 Å². The third kappa shape index (κ3) is 2.73. The molecule has 3 aromatic rings. The Labute approximate surface area is 145 Å². The van der Waals surface area contributed by atoms with Crippen molar-refractivity contribution in [2.75, 3.05) is 23.3 Å². The van der Waals surface area contributed by atoms with Crippen molar-refractivity contribution in [3.05, 3.63) is 29.0 Å². The van der Waals surface area contributed by atoms with E-state index in [0.717, 1.165) is 41.2 Å². The largest absolute Gasteiger partial charge is 0.364 e. The molecule has 4 heterocycles. The quantitative estimate of drug-likeness (QED) is 0.792. The number of rotatable bonds is 3. The number of nitrogens with zero attached hydrogens (tertiary/aromatic N) is 5. The molecule has 0 aromatic carbocycles. The molecule has 1 aliphatic rings. The summed E-state index contributed by atoms with van der Waals surface area (Å²) in [5.74, 6) is 2.16. The van der Waals surface area contributed by atoms with Crippen LogP contribution in [0.5, 0.6) is 0 Å². The van der Waals surface area contributed by atoms with Crippen LogP contribution in [0.15, 0.2) is 17.8 Å². The molecule has 0 aliphatic carbocycles. The van der Waals surface area contributed by atoms with Crippen LogP contribution in [0.25, 0.3) is 10.2 Å². The zero-order chi connectivity index (χ0) is 16.7. The molecule has 6 nitrogen and oxygen atoms in total. The summed E-state index contributed by atoms with van der Waals surface area (Å²) in [6, 6.07) is 2.54. The first-order chi connectivity index (χ1) is 11.6. The van der Waals surface area contributed by atoms with Gasteiger partial charge in [0.25, 0.3) is 0 Å². The first kappa shape index (κ1) is 15.4. The van der Waals surface area contributed by atoms with E-state index in [1.807, 2.05) is 18.7 Å². The molecule has 126 valence electrons. The Kier molecular flexibility index (Phi) is 3.88. The summed E-state index contributed by atoms with van der Waals surface area (Å²) in [4.78, 5) is 11.3. The number of aryl methyl sites for hydroxylation is 3. The maximum Gasteiger partial charge on any atom is 0.147 e.